The SMILES string of the molecule is CC1(C)CC(C(=O)c2ccc(F)cc2)C=c2c1ccc1c2=CCc2ccc(F)cc2-1. The summed E-state index contributed by atoms with van der Waals surface area (Å²) < 4.78 is 27.2. The lowest BCUT2D eigenvalue weighted by Gasteiger charge is -2.34. The smallest absolute Gasteiger partial charge is 0.169 e. The number of hydrogen-bond acceptors (Lipinski definition) is 1. The van der Waals surface area contributed by atoms with Crippen molar-refractivity contribution in [3.05, 3.63) is 93.4 Å². The molecule has 0 radical (unpaired) electrons. The monoisotopic (exact) mass is 400 g/mol. The number of Topliss-reactive ketones (excluding diaryl/α,β-unsaturated/α-hetero) is 1. The van der Waals surface area contributed by atoms with Gasteiger partial charge in [0.1, 0.15) is 11.6 Å². The second-order valence-corrected chi connectivity index (χ2v) is 8.93. The lowest BCUT2D eigenvalue weighted by Crippen LogP contribution is -2.43. The maximum absolute atomic E-state index is 13.9. The Bertz CT molecular complexity index is 1300. The van der Waals surface area contributed by atoms with E-state index in [9.17, 15) is 13.6 Å². The maximum atomic E-state index is 13.9. The van der Waals surface area contributed by atoms with Gasteiger partial charge in [-0.15, -0.1) is 0 Å². The summed E-state index contributed by atoms with van der Waals surface area (Å²) in [6.07, 6.45) is 5.68. The van der Waals surface area contributed by atoms with E-state index in [1.807, 2.05) is 6.07 Å². The van der Waals surface area contributed by atoms with Crippen LogP contribution in [0.5, 0.6) is 0 Å². The Morgan fingerprint density at radius 1 is 0.900 bits per heavy atom. The fourth-order valence-corrected chi connectivity index (χ4v) is 4.97. The van der Waals surface area contributed by atoms with Crippen LogP contribution < -0.4 is 10.4 Å². The molecule has 0 N–H and O–H groups in total. The van der Waals surface area contributed by atoms with E-state index < -0.39 is 0 Å². The third kappa shape index (κ3) is 3.00. The highest BCUT2D eigenvalue weighted by Gasteiger charge is 2.33. The van der Waals surface area contributed by atoms with Crippen LogP contribution in [-0.2, 0) is 11.8 Å². The lowest BCUT2D eigenvalue weighted by atomic mass is 9.69. The van der Waals surface area contributed by atoms with Gasteiger partial charge >= 0.3 is 0 Å². The van der Waals surface area contributed by atoms with Crippen molar-refractivity contribution in [2.75, 3.05) is 0 Å². The third-order valence-electron chi connectivity index (χ3n) is 6.47. The molecule has 0 aliphatic heterocycles. The number of benzene rings is 3. The van der Waals surface area contributed by atoms with Crippen molar-refractivity contribution in [2.24, 2.45) is 5.92 Å². The molecule has 0 saturated heterocycles. The summed E-state index contributed by atoms with van der Waals surface area (Å²) in [4.78, 5) is 13.2. The number of ketones is 1. The zero-order valence-electron chi connectivity index (χ0n) is 17.0. The van der Waals surface area contributed by atoms with Crippen LogP contribution in [0.1, 0.15) is 41.8 Å². The summed E-state index contributed by atoms with van der Waals surface area (Å²) in [7, 11) is 0. The first-order valence-corrected chi connectivity index (χ1v) is 10.3. The van der Waals surface area contributed by atoms with Crippen molar-refractivity contribution in [3.63, 3.8) is 0 Å². The standard InChI is InChI=1S/C27H22F2O/c1-27(2)15-18(26(30)17-4-7-19(28)8-5-17)13-24-22-10-6-16-3-9-20(29)14-23(16)21(22)11-12-25(24)27/h3-5,7-14,18H,6,15H2,1-2H3. The Balaban J connectivity index is 1.70. The van der Waals surface area contributed by atoms with Gasteiger partial charge in [0.15, 0.2) is 5.78 Å². The van der Waals surface area contributed by atoms with Crippen molar-refractivity contribution >= 4 is 17.9 Å². The van der Waals surface area contributed by atoms with Crippen LogP contribution in [0.4, 0.5) is 8.78 Å². The molecular weight excluding hydrogens is 378 g/mol. The zero-order chi connectivity index (χ0) is 21.0. The second-order valence-electron chi connectivity index (χ2n) is 8.93. The molecule has 1 unspecified atom stereocenters. The van der Waals surface area contributed by atoms with Crippen LogP contribution in [0.15, 0.2) is 54.6 Å². The van der Waals surface area contributed by atoms with Gasteiger partial charge in [-0.2, -0.15) is 0 Å². The van der Waals surface area contributed by atoms with Crippen molar-refractivity contribution in [2.45, 2.75) is 32.1 Å². The Labute approximate surface area is 174 Å². The number of carbonyl (C=O) groups is 1. The molecule has 2 aliphatic carbocycles. The Kier molecular flexibility index (Phi) is 4.25. The van der Waals surface area contributed by atoms with Crippen LogP contribution in [0.25, 0.3) is 23.3 Å². The minimum absolute atomic E-state index is 0.00795. The number of hydrogen-bond donors (Lipinski definition) is 0. The molecule has 2 aliphatic rings. The fourth-order valence-electron chi connectivity index (χ4n) is 4.97. The van der Waals surface area contributed by atoms with E-state index in [0.29, 0.717) is 12.0 Å². The molecule has 5 rings (SSSR count). The predicted molar refractivity (Wildman–Crippen MR) is 116 cm³/mol. The van der Waals surface area contributed by atoms with Crippen LogP contribution in [0.2, 0.25) is 0 Å². The van der Waals surface area contributed by atoms with Gasteiger partial charge in [0.25, 0.3) is 0 Å². The minimum atomic E-state index is -0.348. The molecule has 1 nitrogen and oxygen atoms in total. The van der Waals surface area contributed by atoms with Gasteiger partial charge in [-0.3, -0.25) is 4.79 Å². The third-order valence-corrected chi connectivity index (χ3v) is 6.47. The first-order chi connectivity index (χ1) is 14.3. The van der Waals surface area contributed by atoms with E-state index in [0.717, 1.165) is 33.5 Å². The average molecular weight is 400 g/mol. The first kappa shape index (κ1) is 18.9. The van der Waals surface area contributed by atoms with Gasteiger partial charge in [0.05, 0.1) is 0 Å². The van der Waals surface area contributed by atoms with E-state index >= 15 is 0 Å². The molecule has 150 valence electrons. The average Bonchev–Trinajstić information content (AvgIpc) is 2.72. The molecule has 0 spiro atoms. The summed E-state index contributed by atoms with van der Waals surface area (Å²) in [5.41, 5.74) is 4.59. The number of rotatable bonds is 2. The number of fused-ring (bicyclic) bond motifs is 5. The van der Waals surface area contributed by atoms with Crippen molar-refractivity contribution < 1.29 is 13.6 Å². The number of halogens is 2. The molecule has 0 amide bonds. The highest BCUT2D eigenvalue weighted by Crippen LogP contribution is 2.35. The van der Waals surface area contributed by atoms with Crippen molar-refractivity contribution in [1.29, 1.82) is 0 Å². The predicted octanol–water partition coefficient (Wildman–Crippen LogP) is 4.93. The minimum Gasteiger partial charge on any atom is -0.294 e. The molecule has 0 heterocycles. The molecule has 3 heteroatoms. The molecule has 0 bridgehead atoms. The molecule has 0 saturated carbocycles. The lowest BCUT2D eigenvalue weighted by molar-refractivity contribution is 0.0933. The summed E-state index contributed by atoms with van der Waals surface area (Å²) in [6.45, 7) is 4.32. The summed E-state index contributed by atoms with van der Waals surface area (Å²) in [5, 5.41) is 2.15. The molecule has 0 fully saturated rings. The van der Waals surface area contributed by atoms with E-state index in [1.54, 1.807) is 18.2 Å². The molecule has 1 atom stereocenters. The molecule has 0 aromatic heterocycles. The molecule has 3 aromatic rings. The topological polar surface area (TPSA) is 17.1 Å². The summed E-state index contributed by atoms with van der Waals surface area (Å²) in [6, 6.07) is 14.9. The molecule has 3 aromatic carbocycles. The largest absolute Gasteiger partial charge is 0.294 e. The maximum Gasteiger partial charge on any atom is 0.169 e. The van der Waals surface area contributed by atoms with E-state index in [2.05, 4.69) is 38.1 Å². The van der Waals surface area contributed by atoms with Crippen LogP contribution >= 0.6 is 0 Å². The van der Waals surface area contributed by atoms with Gasteiger partial charge in [-0.25, -0.2) is 8.78 Å². The normalized spacial score (nSPS) is 18.3. The van der Waals surface area contributed by atoms with Crippen LogP contribution in [0.3, 0.4) is 0 Å². The second kappa shape index (κ2) is 6.73. The molecule has 30 heavy (non-hydrogen) atoms. The van der Waals surface area contributed by atoms with Gasteiger partial charge in [0, 0.05) is 11.5 Å². The Morgan fingerprint density at radius 3 is 2.40 bits per heavy atom. The van der Waals surface area contributed by atoms with Crippen molar-refractivity contribution in [1.82, 2.24) is 0 Å². The zero-order valence-corrected chi connectivity index (χ0v) is 17.0. The van der Waals surface area contributed by atoms with E-state index in [4.69, 9.17) is 0 Å². The van der Waals surface area contributed by atoms with E-state index in [-0.39, 0.29) is 28.8 Å². The van der Waals surface area contributed by atoms with Gasteiger partial charge in [0.2, 0.25) is 0 Å². The van der Waals surface area contributed by atoms with Crippen LogP contribution in [-0.4, -0.2) is 5.78 Å². The number of carbonyl (C=O) groups excluding carboxylic acids is 1. The Morgan fingerprint density at radius 2 is 1.63 bits per heavy atom. The fraction of sp³-hybridized carbons (Fsp3) is 0.222. The van der Waals surface area contributed by atoms with Gasteiger partial charge in [-0.05, 0) is 87.3 Å². The van der Waals surface area contributed by atoms with Gasteiger partial charge in [-0.1, -0.05) is 44.2 Å². The van der Waals surface area contributed by atoms with Gasteiger partial charge < -0.3 is 0 Å². The highest BCUT2D eigenvalue weighted by molar-refractivity contribution is 6.01. The quantitative estimate of drug-likeness (QED) is 0.558. The summed E-state index contributed by atoms with van der Waals surface area (Å²) >= 11 is 0. The van der Waals surface area contributed by atoms with Crippen molar-refractivity contribution in [3.8, 4) is 11.1 Å². The van der Waals surface area contributed by atoms with Crippen LogP contribution in [0, 0.1) is 17.6 Å². The first-order valence-electron chi connectivity index (χ1n) is 10.3. The van der Waals surface area contributed by atoms with E-state index in [1.165, 1.54) is 23.8 Å². The molecular formula is C27H22F2O. The Hall–Kier alpha value is -3.07. The summed E-state index contributed by atoms with van der Waals surface area (Å²) in [5.74, 6) is -0.868. The highest BCUT2D eigenvalue weighted by atomic mass is 19.1.